The summed E-state index contributed by atoms with van der Waals surface area (Å²) in [5.74, 6) is 0. The third-order valence-electron chi connectivity index (χ3n) is 3.40. The fraction of sp³-hybridized carbons (Fsp3) is 0.118. The first kappa shape index (κ1) is 12.9. The van der Waals surface area contributed by atoms with Crippen molar-refractivity contribution in [1.82, 2.24) is 4.98 Å². The van der Waals surface area contributed by atoms with Crippen molar-refractivity contribution in [2.24, 2.45) is 0 Å². The largest absolute Gasteiger partial charge is 0.341 e. The zero-order chi connectivity index (χ0) is 13.9. The second-order valence-electron chi connectivity index (χ2n) is 4.58. The van der Waals surface area contributed by atoms with E-state index in [9.17, 15) is 0 Å². The van der Waals surface area contributed by atoms with E-state index in [-0.39, 0.29) is 0 Å². The van der Waals surface area contributed by atoms with E-state index < -0.39 is 0 Å². The number of nitrogens with zero attached hydrogens (tertiary/aromatic N) is 2. The smallest absolute Gasteiger partial charge is 0.131 e. The van der Waals surface area contributed by atoms with Crippen LogP contribution in [0.3, 0.4) is 0 Å². The van der Waals surface area contributed by atoms with E-state index in [1.54, 1.807) is 6.20 Å². The van der Waals surface area contributed by atoms with Gasteiger partial charge in [-0.1, -0.05) is 48.0 Å². The molecule has 2 aromatic carbocycles. The Labute approximate surface area is 123 Å². The van der Waals surface area contributed by atoms with Gasteiger partial charge in [0, 0.05) is 29.5 Å². The van der Waals surface area contributed by atoms with Crippen molar-refractivity contribution < 1.29 is 0 Å². The Balaban J connectivity index is 2.17. The Bertz CT molecular complexity index is 734. The first-order valence-electron chi connectivity index (χ1n) is 6.66. The standard InChI is InChI=1S/C17H15ClN2/c1-2-20(14-10-11-19-17(18)12-14)16-9-5-7-13-6-3-4-8-15(13)16/h3-12H,2H2,1H3. The Morgan fingerprint density at radius 3 is 2.65 bits per heavy atom. The molecule has 0 saturated carbocycles. The predicted molar refractivity (Wildman–Crippen MR) is 85.9 cm³/mol. The molecule has 2 nitrogen and oxygen atoms in total. The van der Waals surface area contributed by atoms with Crippen LogP contribution in [-0.2, 0) is 0 Å². The van der Waals surface area contributed by atoms with Gasteiger partial charge in [0.2, 0.25) is 0 Å². The molecule has 0 spiro atoms. The fourth-order valence-corrected chi connectivity index (χ4v) is 2.66. The number of benzene rings is 2. The third kappa shape index (κ3) is 2.35. The summed E-state index contributed by atoms with van der Waals surface area (Å²) in [5.41, 5.74) is 2.25. The number of aromatic nitrogens is 1. The van der Waals surface area contributed by atoms with Gasteiger partial charge in [0.25, 0.3) is 0 Å². The van der Waals surface area contributed by atoms with Crippen LogP contribution in [0.2, 0.25) is 5.15 Å². The van der Waals surface area contributed by atoms with E-state index >= 15 is 0 Å². The Kier molecular flexibility index (Phi) is 3.57. The van der Waals surface area contributed by atoms with Gasteiger partial charge in [0.15, 0.2) is 0 Å². The van der Waals surface area contributed by atoms with Crippen molar-refractivity contribution in [3.63, 3.8) is 0 Å². The van der Waals surface area contributed by atoms with Gasteiger partial charge in [-0.15, -0.1) is 0 Å². The second-order valence-corrected chi connectivity index (χ2v) is 4.97. The van der Waals surface area contributed by atoms with Gasteiger partial charge < -0.3 is 4.90 Å². The maximum absolute atomic E-state index is 6.01. The number of halogens is 1. The van der Waals surface area contributed by atoms with Crippen molar-refractivity contribution in [3.8, 4) is 0 Å². The highest BCUT2D eigenvalue weighted by atomic mass is 35.5. The number of anilines is 2. The molecule has 0 bridgehead atoms. The molecule has 20 heavy (non-hydrogen) atoms. The maximum atomic E-state index is 6.01. The molecule has 0 aliphatic rings. The minimum absolute atomic E-state index is 0.515. The van der Waals surface area contributed by atoms with Crippen molar-refractivity contribution in [3.05, 3.63) is 65.9 Å². The average molecular weight is 283 g/mol. The molecule has 0 radical (unpaired) electrons. The van der Waals surface area contributed by atoms with Gasteiger partial charge in [-0.3, -0.25) is 0 Å². The van der Waals surface area contributed by atoms with Crippen molar-refractivity contribution in [2.75, 3.05) is 11.4 Å². The third-order valence-corrected chi connectivity index (χ3v) is 3.60. The summed E-state index contributed by atoms with van der Waals surface area (Å²) in [7, 11) is 0. The Morgan fingerprint density at radius 1 is 1.05 bits per heavy atom. The molecular weight excluding hydrogens is 268 g/mol. The summed E-state index contributed by atoms with van der Waals surface area (Å²) >= 11 is 6.01. The summed E-state index contributed by atoms with van der Waals surface area (Å²) < 4.78 is 0. The van der Waals surface area contributed by atoms with Gasteiger partial charge in [0.1, 0.15) is 5.15 Å². The van der Waals surface area contributed by atoms with E-state index in [1.807, 2.05) is 12.1 Å². The molecule has 1 aromatic heterocycles. The Hall–Kier alpha value is -2.06. The van der Waals surface area contributed by atoms with Crippen molar-refractivity contribution in [2.45, 2.75) is 6.92 Å². The normalized spacial score (nSPS) is 10.7. The monoisotopic (exact) mass is 282 g/mol. The van der Waals surface area contributed by atoms with Crippen LogP contribution in [0.1, 0.15) is 6.92 Å². The summed E-state index contributed by atoms with van der Waals surface area (Å²) in [5, 5.41) is 2.99. The molecule has 3 heteroatoms. The summed E-state index contributed by atoms with van der Waals surface area (Å²) in [6.45, 7) is 3.00. The first-order chi connectivity index (χ1) is 9.79. The highest BCUT2D eigenvalue weighted by molar-refractivity contribution is 6.29. The molecule has 3 rings (SSSR count). The second kappa shape index (κ2) is 5.51. The summed E-state index contributed by atoms with van der Waals surface area (Å²) in [6, 6.07) is 18.6. The molecule has 0 aliphatic heterocycles. The number of rotatable bonds is 3. The molecule has 0 atom stereocenters. The molecule has 0 unspecified atom stereocenters. The SMILES string of the molecule is CCN(c1ccnc(Cl)c1)c1cccc2ccccc12. The lowest BCUT2D eigenvalue weighted by Crippen LogP contribution is -2.16. The van der Waals surface area contributed by atoms with Gasteiger partial charge in [-0.05, 0) is 30.5 Å². The minimum Gasteiger partial charge on any atom is -0.341 e. The van der Waals surface area contributed by atoms with Gasteiger partial charge >= 0.3 is 0 Å². The van der Waals surface area contributed by atoms with E-state index in [2.05, 4.69) is 59.3 Å². The highest BCUT2D eigenvalue weighted by Crippen LogP contribution is 2.32. The number of hydrogen-bond donors (Lipinski definition) is 0. The molecule has 0 aliphatic carbocycles. The quantitative estimate of drug-likeness (QED) is 0.625. The zero-order valence-corrected chi connectivity index (χ0v) is 12.0. The lowest BCUT2D eigenvalue weighted by Gasteiger charge is -2.24. The van der Waals surface area contributed by atoms with Crippen molar-refractivity contribution >= 4 is 33.7 Å². The number of pyridine rings is 1. The zero-order valence-electron chi connectivity index (χ0n) is 11.3. The molecule has 3 aromatic rings. The molecule has 0 fully saturated rings. The molecule has 0 saturated heterocycles. The number of fused-ring (bicyclic) bond motifs is 1. The van der Waals surface area contributed by atoms with Gasteiger partial charge in [-0.2, -0.15) is 0 Å². The van der Waals surface area contributed by atoms with Crippen LogP contribution in [0.15, 0.2) is 60.8 Å². The van der Waals surface area contributed by atoms with E-state index in [4.69, 9.17) is 11.6 Å². The van der Waals surface area contributed by atoms with Crippen LogP contribution >= 0.6 is 11.6 Å². The van der Waals surface area contributed by atoms with E-state index in [0.717, 1.165) is 12.2 Å². The lowest BCUT2D eigenvalue weighted by molar-refractivity contribution is 1.03. The number of hydrogen-bond acceptors (Lipinski definition) is 2. The average Bonchev–Trinajstić information content (AvgIpc) is 2.48. The lowest BCUT2D eigenvalue weighted by atomic mass is 10.1. The van der Waals surface area contributed by atoms with Crippen LogP contribution in [0, 0.1) is 0 Å². The van der Waals surface area contributed by atoms with Crippen LogP contribution < -0.4 is 4.90 Å². The van der Waals surface area contributed by atoms with Crippen LogP contribution in [-0.4, -0.2) is 11.5 Å². The molecule has 100 valence electrons. The molecule has 1 heterocycles. The van der Waals surface area contributed by atoms with Crippen LogP contribution in [0.4, 0.5) is 11.4 Å². The fourth-order valence-electron chi connectivity index (χ4n) is 2.50. The van der Waals surface area contributed by atoms with Crippen LogP contribution in [0.5, 0.6) is 0 Å². The summed E-state index contributed by atoms with van der Waals surface area (Å²) in [4.78, 5) is 6.30. The Morgan fingerprint density at radius 2 is 1.85 bits per heavy atom. The van der Waals surface area contributed by atoms with Gasteiger partial charge in [-0.25, -0.2) is 4.98 Å². The first-order valence-corrected chi connectivity index (χ1v) is 7.04. The molecule has 0 N–H and O–H groups in total. The van der Waals surface area contributed by atoms with E-state index in [0.29, 0.717) is 5.15 Å². The van der Waals surface area contributed by atoms with Crippen LogP contribution in [0.25, 0.3) is 10.8 Å². The van der Waals surface area contributed by atoms with Gasteiger partial charge in [0.05, 0.1) is 0 Å². The predicted octanol–water partition coefficient (Wildman–Crippen LogP) is 5.05. The molecular formula is C17H15ClN2. The maximum Gasteiger partial charge on any atom is 0.131 e. The highest BCUT2D eigenvalue weighted by Gasteiger charge is 2.10. The minimum atomic E-state index is 0.515. The van der Waals surface area contributed by atoms with Crippen molar-refractivity contribution in [1.29, 1.82) is 0 Å². The topological polar surface area (TPSA) is 16.1 Å². The molecule has 0 amide bonds. The summed E-state index contributed by atoms with van der Waals surface area (Å²) in [6.07, 6.45) is 1.74. The van der Waals surface area contributed by atoms with E-state index in [1.165, 1.54) is 16.5 Å².